The second-order valence-electron chi connectivity index (χ2n) is 7.30. The summed E-state index contributed by atoms with van der Waals surface area (Å²) in [7, 11) is 2.09. The fourth-order valence-corrected chi connectivity index (χ4v) is 5.00. The number of thioether (sulfide) groups is 1. The molecule has 1 saturated heterocycles. The first-order chi connectivity index (χ1) is 15.0. The van der Waals surface area contributed by atoms with Crippen molar-refractivity contribution in [2.45, 2.75) is 5.03 Å². The number of piperazine rings is 1. The first kappa shape index (κ1) is 21.5. The number of aromatic nitrogens is 1. The van der Waals surface area contributed by atoms with E-state index in [0.29, 0.717) is 16.2 Å². The third kappa shape index (κ3) is 4.96. The molecule has 0 unspecified atom stereocenters. The number of halogens is 1. The molecule has 0 amide bonds. The Morgan fingerprint density at radius 1 is 1.23 bits per heavy atom. The van der Waals surface area contributed by atoms with Crippen LogP contribution in [0.3, 0.4) is 0 Å². The van der Waals surface area contributed by atoms with E-state index in [-0.39, 0.29) is 17.4 Å². The molecule has 0 bridgehead atoms. The number of nitrogens with zero attached hydrogens (tertiary/aromatic N) is 4. The summed E-state index contributed by atoms with van der Waals surface area (Å²) < 4.78 is 13.2. The van der Waals surface area contributed by atoms with Crippen molar-refractivity contribution in [3.63, 3.8) is 0 Å². The molecule has 1 aliphatic rings. The van der Waals surface area contributed by atoms with Gasteiger partial charge in [0.05, 0.1) is 22.0 Å². The highest BCUT2D eigenvalue weighted by Crippen LogP contribution is 2.35. The van der Waals surface area contributed by atoms with Gasteiger partial charge < -0.3 is 9.80 Å². The number of thiophene rings is 1. The predicted molar refractivity (Wildman–Crippen MR) is 123 cm³/mol. The molecule has 158 valence electrons. The minimum absolute atomic E-state index is 0.127. The summed E-state index contributed by atoms with van der Waals surface area (Å²) in [6.07, 6.45) is 0. The number of carbonyl (C=O) groups excluding carboxylic acids is 1. The van der Waals surface area contributed by atoms with Gasteiger partial charge in [-0.3, -0.25) is 4.79 Å². The van der Waals surface area contributed by atoms with Crippen LogP contribution in [0, 0.1) is 17.1 Å². The highest BCUT2D eigenvalue weighted by Gasteiger charge is 2.22. The smallest absolute Gasteiger partial charge is 0.173 e. The van der Waals surface area contributed by atoms with Crippen molar-refractivity contribution in [2.24, 2.45) is 0 Å². The number of rotatable bonds is 6. The number of Topliss-reactive ketones (excluding diaryl/α,β-unsaturated/α-hetero) is 1. The molecule has 8 heteroatoms. The van der Waals surface area contributed by atoms with Crippen molar-refractivity contribution in [3.05, 3.63) is 64.8 Å². The van der Waals surface area contributed by atoms with Gasteiger partial charge in [0.25, 0.3) is 0 Å². The third-order valence-electron chi connectivity index (χ3n) is 5.20. The zero-order valence-electron chi connectivity index (χ0n) is 17.0. The lowest BCUT2D eigenvalue weighted by Crippen LogP contribution is -2.44. The average Bonchev–Trinajstić information content (AvgIpc) is 3.33. The maximum atomic E-state index is 13.2. The molecule has 2 aromatic heterocycles. The van der Waals surface area contributed by atoms with Gasteiger partial charge in [-0.1, -0.05) is 17.8 Å². The summed E-state index contributed by atoms with van der Waals surface area (Å²) in [4.78, 5) is 22.8. The lowest BCUT2D eigenvalue weighted by Gasteiger charge is -2.34. The molecule has 1 aliphatic heterocycles. The first-order valence-corrected chi connectivity index (χ1v) is 11.8. The monoisotopic (exact) mass is 452 g/mol. The Labute approximate surface area is 189 Å². The van der Waals surface area contributed by atoms with Gasteiger partial charge in [-0.05, 0) is 48.8 Å². The molecule has 3 heterocycles. The first-order valence-electron chi connectivity index (χ1n) is 9.89. The van der Waals surface area contributed by atoms with Gasteiger partial charge in [-0.25, -0.2) is 9.37 Å². The summed E-state index contributed by atoms with van der Waals surface area (Å²) in [6, 6.07) is 13.8. The topological polar surface area (TPSA) is 60.2 Å². The van der Waals surface area contributed by atoms with Crippen molar-refractivity contribution in [3.8, 4) is 16.6 Å². The second-order valence-corrected chi connectivity index (χ2v) is 9.22. The molecule has 0 N–H and O–H groups in total. The lowest BCUT2D eigenvalue weighted by molar-refractivity contribution is 0.102. The number of likely N-dealkylation sites (N-methyl/N-ethyl adjacent to an activating group) is 1. The Kier molecular flexibility index (Phi) is 6.66. The molecule has 31 heavy (non-hydrogen) atoms. The molecule has 1 aromatic carbocycles. The largest absolute Gasteiger partial charge is 0.368 e. The highest BCUT2D eigenvalue weighted by atomic mass is 32.2. The zero-order chi connectivity index (χ0) is 21.8. The van der Waals surface area contributed by atoms with Crippen molar-refractivity contribution in [2.75, 3.05) is 43.9 Å². The Hall–Kier alpha value is -2.73. The summed E-state index contributed by atoms with van der Waals surface area (Å²) in [5.41, 5.74) is 2.62. The molecule has 0 spiro atoms. The number of ketones is 1. The zero-order valence-corrected chi connectivity index (χ0v) is 18.7. The van der Waals surface area contributed by atoms with E-state index in [1.165, 1.54) is 36.0 Å². The van der Waals surface area contributed by atoms with E-state index in [0.717, 1.165) is 42.4 Å². The van der Waals surface area contributed by atoms with Gasteiger partial charge in [-0.2, -0.15) is 5.26 Å². The lowest BCUT2D eigenvalue weighted by atomic mass is 10.1. The minimum atomic E-state index is -0.377. The van der Waals surface area contributed by atoms with Gasteiger partial charge in [0, 0.05) is 31.7 Å². The highest BCUT2D eigenvalue weighted by molar-refractivity contribution is 8.00. The fourth-order valence-electron chi connectivity index (χ4n) is 3.42. The summed E-state index contributed by atoms with van der Waals surface area (Å²) in [6.45, 7) is 3.51. The molecule has 5 nitrogen and oxygen atoms in total. The van der Waals surface area contributed by atoms with Crippen LogP contribution in [0.5, 0.6) is 0 Å². The van der Waals surface area contributed by atoms with Crippen LogP contribution in [0.1, 0.15) is 15.9 Å². The maximum Gasteiger partial charge on any atom is 0.173 e. The van der Waals surface area contributed by atoms with Crippen LogP contribution in [0.4, 0.5) is 10.1 Å². The molecule has 0 saturated carbocycles. The van der Waals surface area contributed by atoms with Crippen molar-refractivity contribution in [1.82, 2.24) is 9.88 Å². The quantitative estimate of drug-likeness (QED) is 0.404. The van der Waals surface area contributed by atoms with Crippen LogP contribution in [-0.4, -0.2) is 54.6 Å². The molecule has 3 aromatic rings. The second kappa shape index (κ2) is 9.60. The van der Waals surface area contributed by atoms with Crippen LogP contribution < -0.4 is 4.90 Å². The molecule has 0 radical (unpaired) electrons. The van der Waals surface area contributed by atoms with Crippen LogP contribution >= 0.6 is 23.1 Å². The Morgan fingerprint density at radius 2 is 1.97 bits per heavy atom. The van der Waals surface area contributed by atoms with Crippen LogP contribution in [0.25, 0.3) is 10.6 Å². The molecule has 0 aliphatic carbocycles. The Morgan fingerprint density at radius 3 is 2.61 bits per heavy atom. The standard InChI is InChI=1S/C23H21FN4OS2/c1-27-8-10-28(11-9-27)20-13-19(22-3-2-12-30-22)26-23(18(20)14-25)31-15-21(29)16-4-6-17(24)7-5-16/h2-7,12-13H,8-11,15H2,1H3. The van der Waals surface area contributed by atoms with E-state index in [2.05, 4.69) is 22.9 Å². The average molecular weight is 453 g/mol. The predicted octanol–water partition coefficient (Wildman–Crippen LogP) is 4.55. The van der Waals surface area contributed by atoms with Crippen molar-refractivity contribution < 1.29 is 9.18 Å². The van der Waals surface area contributed by atoms with E-state index in [1.54, 1.807) is 11.3 Å². The van der Waals surface area contributed by atoms with E-state index in [9.17, 15) is 14.4 Å². The number of hydrogen-bond donors (Lipinski definition) is 0. The van der Waals surface area contributed by atoms with Gasteiger partial charge >= 0.3 is 0 Å². The molecule has 1 fully saturated rings. The summed E-state index contributed by atoms with van der Waals surface area (Å²) in [5.74, 6) is -0.375. The number of anilines is 1. The van der Waals surface area contributed by atoms with Gasteiger partial charge in [-0.15, -0.1) is 11.3 Å². The number of benzene rings is 1. The SMILES string of the molecule is CN1CCN(c2cc(-c3cccs3)nc(SCC(=O)c3ccc(F)cc3)c2C#N)CC1. The third-order valence-corrected chi connectivity index (χ3v) is 7.07. The summed E-state index contributed by atoms with van der Waals surface area (Å²) >= 11 is 2.85. The molecule has 4 rings (SSSR count). The van der Waals surface area contributed by atoms with Crippen LogP contribution in [-0.2, 0) is 0 Å². The van der Waals surface area contributed by atoms with Crippen LogP contribution in [0.2, 0.25) is 0 Å². The number of hydrogen-bond acceptors (Lipinski definition) is 7. The molecular weight excluding hydrogens is 431 g/mol. The van der Waals surface area contributed by atoms with Crippen molar-refractivity contribution >= 4 is 34.6 Å². The van der Waals surface area contributed by atoms with Gasteiger partial charge in [0.2, 0.25) is 0 Å². The Bertz CT molecular complexity index is 1100. The van der Waals surface area contributed by atoms with Crippen molar-refractivity contribution in [1.29, 1.82) is 5.26 Å². The molecular formula is C23H21FN4OS2. The molecule has 0 atom stereocenters. The summed E-state index contributed by atoms with van der Waals surface area (Å²) in [5, 5.41) is 12.5. The fraction of sp³-hybridized carbons (Fsp3) is 0.261. The number of pyridine rings is 1. The number of nitriles is 1. The van der Waals surface area contributed by atoms with Gasteiger partial charge in [0.1, 0.15) is 22.5 Å². The minimum Gasteiger partial charge on any atom is -0.368 e. The van der Waals surface area contributed by atoms with E-state index < -0.39 is 0 Å². The number of carbonyl (C=O) groups is 1. The maximum absolute atomic E-state index is 13.2. The van der Waals surface area contributed by atoms with E-state index in [4.69, 9.17) is 4.98 Å². The van der Waals surface area contributed by atoms with E-state index in [1.807, 2.05) is 23.6 Å². The Balaban J connectivity index is 1.66. The van der Waals surface area contributed by atoms with Gasteiger partial charge in [0.15, 0.2) is 5.78 Å². The van der Waals surface area contributed by atoms with E-state index >= 15 is 0 Å². The normalized spacial score (nSPS) is 14.4. The van der Waals surface area contributed by atoms with Crippen LogP contribution in [0.15, 0.2) is 52.9 Å².